The zero-order valence-electron chi connectivity index (χ0n) is 13.2. The summed E-state index contributed by atoms with van der Waals surface area (Å²) in [5, 5.41) is 2.82. The number of carbonyl (C=O) groups is 1. The van der Waals surface area contributed by atoms with E-state index in [4.69, 9.17) is 4.74 Å². The fraction of sp³-hybridized carbons (Fsp3) is 0.222. The summed E-state index contributed by atoms with van der Waals surface area (Å²) < 4.78 is 7.33. The molecule has 5 nitrogen and oxygen atoms in total. The van der Waals surface area contributed by atoms with Crippen molar-refractivity contribution in [3.63, 3.8) is 0 Å². The number of fused-ring (bicyclic) bond motifs is 1. The van der Waals surface area contributed by atoms with Crippen LogP contribution in [0.1, 0.15) is 18.3 Å². The molecule has 118 valence electrons. The molecule has 1 N–H and O–H groups in total. The van der Waals surface area contributed by atoms with Crippen molar-refractivity contribution in [3.8, 4) is 5.75 Å². The van der Waals surface area contributed by atoms with Gasteiger partial charge in [0.25, 0.3) is 0 Å². The van der Waals surface area contributed by atoms with E-state index in [0.717, 1.165) is 28.2 Å². The lowest BCUT2D eigenvalue weighted by Crippen LogP contribution is -2.21. The molecule has 0 radical (unpaired) electrons. The summed E-state index contributed by atoms with van der Waals surface area (Å²) in [6, 6.07) is 16.0. The molecule has 0 saturated carbocycles. The molecule has 0 aliphatic rings. The van der Waals surface area contributed by atoms with E-state index in [0.29, 0.717) is 13.1 Å². The SMILES string of the molecule is COc1ccc(Cn2c(CNC(C)=O)nc3ccccc32)cc1. The first-order valence-electron chi connectivity index (χ1n) is 7.49. The van der Waals surface area contributed by atoms with Crippen molar-refractivity contribution in [3.05, 3.63) is 59.9 Å². The second kappa shape index (κ2) is 6.52. The number of nitrogens with zero attached hydrogens (tertiary/aromatic N) is 2. The van der Waals surface area contributed by atoms with Crippen LogP contribution in [0.15, 0.2) is 48.5 Å². The second-order valence-corrected chi connectivity index (χ2v) is 5.36. The van der Waals surface area contributed by atoms with Crippen molar-refractivity contribution in [1.29, 1.82) is 0 Å². The van der Waals surface area contributed by atoms with Gasteiger partial charge in [-0.25, -0.2) is 4.98 Å². The minimum atomic E-state index is -0.0620. The van der Waals surface area contributed by atoms with E-state index in [-0.39, 0.29) is 5.91 Å². The topological polar surface area (TPSA) is 56.1 Å². The molecule has 0 unspecified atom stereocenters. The Bertz CT molecular complexity index is 822. The number of hydrogen-bond donors (Lipinski definition) is 1. The molecule has 2 aromatic carbocycles. The van der Waals surface area contributed by atoms with E-state index >= 15 is 0 Å². The van der Waals surface area contributed by atoms with Gasteiger partial charge in [-0.3, -0.25) is 4.79 Å². The summed E-state index contributed by atoms with van der Waals surface area (Å²) >= 11 is 0. The van der Waals surface area contributed by atoms with Crippen LogP contribution in [0.5, 0.6) is 5.75 Å². The summed E-state index contributed by atoms with van der Waals surface area (Å²) in [4.78, 5) is 15.8. The van der Waals surface area contributed by atoms with Gasteiger partial charge in [-0.2, -0.15) is 0 Å². The van der Waals surface area contributed by atoms with Gasteiger partial charge in [-0.15, -0.1) is 0 Å². The van der Waals surface area contributed by atoms with Crippen LogP contribution in [0.2, 0.25) is 0 Å². The lowest BCUT2D eigenvalue weighted by molar-refractivity contribution is -0.119. The van der Waals surface area contributed by atoms with E-state index < -0.39 is 0 Å². The van der Waals surface area contributed by atoms with Crippen LogP contribution >= 0.6 is 0 Å². The van der Waals surface area contributed by atoms with Gasteiger partial charge in [0, 0.05) is 13.5 Å². The summed E-state index contributed by atoms with van der Waals surface area (Å²) in [6.07, 6.45) is 0. The first-order chi connectivity index (χ1) is 11.2. The van der Waals surface area contributed by atoms with Crippen LogP contribution in [-0.4, -0.2) is 22.6 Å². The van der Waals surface area contributed by atoms with Crippen molar-refractivity contribution in [2.45, 2.75) is 20.0 Å². The molecule has 0 atom stereocenters. The zero-order chi connectivity index (χ0) is 16.2. The van der Waals surface area contributed by atoms with Gasteiger partial charge in [-0.05, 0) is 29.8 Å². The smallest absolute Gasteiger partial charge is 0.217 e. The number of imidazole rings is 1. The number of carbonyl (C=O) groups excluding carboxylic acids is 1. The number of para-hydroxylation sites is 2. The van der Waals surface area contributed by atoms with Crippen molar-refractivity contribution in [2.75, 3.05) is 7.11 Å². The number of nitrogens with one attached hydrogen (secondary N) is 1. The third kappa shape index (κ3) is 3.34. The molecule has 0 saturated heterocycles. The van der Waals surface area contributed by atoms with Crippen molar-refractivity contribution >= 4 is 16.9 Å². The molecule has 1 amide bonds. The van der Waals surface area contributed by atoms with Gasteiger partial charge in [-0.1, -0.05) is 24.3 Å². The predicted octanol–water partition coefficient (Wildman–Crippen LogP) is 2.73. The fourth-order valence-corrected chi connectivity index (χ4v) is 2.55. The Labute approximate surface area is 134 Å². The van der Waals surface area contributed by atoms with Gasteiger partial charge in [0.1, 0.15) is 11.6 Å². The minimum absolute atomic E-state index is 0.0620. The molecule has 0 aliphatic carbocycles. The Morgan fingerprint density at radius 3 is 2.61 bits per heavy atom. The second-order valence-electron chi connectivity index (χ2n) is 5.36. The molecule has 1 heterocycles. The molecule has 5 heteroatoms. The minimum Gasteiger partial charge on any atom is -0.497 e. The molecule has 3 rings (SSSR count). The van der Waals surface area contributed by atoms with Gasteiger partial charge in [0.2, 0.25) is 5.91 Å². The largest absolute Gasteiger partial charge is 0.497 e. The summed E-state index contributed by atoms with van der Waals surface area (Å²) in [5.41, 5.74) is 3.14. The number of hydrogen-bond acceptors (Lipinski definition) is 3. The first kappa shape index (κ1) is 15.1. The standard InChI is InChI=1S/C18H19N3O2/c1-13(22)19-11-18-20-16-5-3-4-6-17(16)21(18)12-14-7-9-15(23-2)10-8-14/h3-10H,11-12H2,1-2H3,(H,19,22). The quantitative estimate of drug-likeness (QED) is 0.788. The van der Waals surface area contributed by atoms with Crippen LogP contribution in [-0.2, 0) is 17.9 Å². The predicted molar refractivity (Wildman–Crippen MR) is 89.3 cm³/mol. The lowest BCUT2D eigenvalue weighted by atomic mass is 10.2. The van der Waals surface area contributed by atoms with Gasteiger partial charge in [0.05, 0.1) is 24.7 Å². The average molecular weight is 309 g/mol. The van der Waals surface area contributed by atoms with Gasteiger partial charge >= 0.3 is 0 Å². The Morgan fingerprint density at radius 2 is 1.91 bits per heavy atom. The Hall–Kier alpha value is -2.82. The van der Waals surface area contributed by atoms with E-state index in [1.54, 1.807) is 7.11 Å². The van der Waals surface area contributed by atoms with E-state index in [2.05, 4.69) is 14.9 Å². The van der Waals surface area contributed by atoms with Crippen LogP contribution < -0.4 is 10.1 Å². The number of benzene rings is 2. The maximum absolute atomic E-state index is 11.2. The Morgan fingerprint density at radius 1 is 1.17 bits per heavy atom. The molecule has 0 fully saturated rings. The summed E-state index contributed by atoms with van der Waals surface area (Å²) in [6.45, 7) is 2.62. The first-order valence-corrected chi connectivity index (χ1v) is 7.49. The van der Waals surface area contributed by atoms with Gasteiger partial charge in [0.15, 0.2) is 0 Å². The number of ether oxygens (including phenoxy) is 1. The molecular weight excluding hydrogens is 290 g/mol. The van der Waals surface area contributed by atoms with Crippen LogP contribution in [0.25, 0.3) is 11.0 Å². The highest BCUT2D eigenvalue weighted by Crippen LogP contribution is 2.19. The number of methoxy groups -OCH3 is 1. The molecular formula is C18H19N3O2. The molecule has 0 bridgehead atoms. The number of rotatable bonds is 5. The molecule has 1 aromatic heterocycles. The van der Waals surface area contributed by atoms with Crippen molar-refractivity contribution in [1.82, 2.24) is 14.9 Å². The van der Waals surface area contributed by atoms with E-state index in [1.807, 2.05) is 48.5 Å². The molecule has 3 aromatic rings. The number of amides is 1. The highest BCUT2D eigenvalue weighted by Gasteiger charge is 2.11. The highest BCUT2D eigenvalue weighted by molar-refractivity contribution is 5.76. The highest BCUT2D eigenvalue weighted by atomic mass is 16.5. The molecule has 23 heavy (non-hydrogen) atoms. The number of aromatic nitrogens is 2. The Balaban J connectivity index is 1.95. The zero-order valence-corrected chi connectivity index (χ0v) is 13.2. The maximum Gasteiger partial charge on any atom is 0.217 e. The maximum atomic E-state index is 11.2. The van der Waals surface area contributed by atoms with Crippen LogP contribution in [0, 0.1) is 0 Å². The van der Waals surface area contributed by atoms with Crippen LogP contribution in [0.4, 0.5) is 0 Å². The van der Waals surface area contributed by atoms with E-state index in [9.17, 15) is 4.79 Å². The van der Waals surface area contributed by atoms with E-state index in [1.165, 1.54) is 6.92 Å². The van der Waals surface area contributed by atoms with Crippen LogP contribution in [0.3, 0.4) is 0 Å². The summed E-state index contributed by atoms with van der Waals surface area (Å²) in [5.74, 6) is 1.62. The fourth-order valence-electron chi connectivity index (χ4n) is 2.55. The average Bonchev–Trinajstić information content (AvgIpc) is 2.91. The normalized spacial score (nSPS) is 10.7. The third-order valence-corrected chi connectivity index (χ3v) is 3.73. The monoisotopic (exact) mass is 309 g/mol. The van der Waals surface area contributed by atoms with Gasteiger partial charge < -0.3 is 14.6 Å². The molecule has 0 spiro atoms. The molecule has 0 aliphatic heterocycles. The third-order valence-electron chi connectivity index (χ3n) is 3.73. The van der Waals surface area contributed by atoms with Crippen molar-refractivity contribution < 1.29 is 9.53 Å². The van der Waals surface area contributed by atoms with Crippen molar-refractivity contribution in [2.24, 2.45) is 0 Å². The Kier molecular flexibility index (Phi) is 4.28. The summed E-state index contributed by atoms with van der Waals surface area (Å²) in [7, 11) is 1.66. The lowest BCUT2D eigenvalue weighted by Gasteiger charge is -2.10.